The van der Waals surface area contributed by atoms with E-state index in [4.69, 9.17) is 0 Å². The van der Waals surface area contributed by atoms with Crippen LogP contribution in [0, 0.1) is 6.92 Å². The molecule has 0 saturated carbocycles. The van der Waals surface area contributed by atoms with Gasteiger partial charge in [-0.2, -0.15) is 0 Å². The number of carbonyl (C=O) groups excluding carboxylic acids is 2. The summed E-state index contributed by atoms with van der Waals surface area (Å²) in [5.41, 5.74) is 3.55. The molecule has 0 radical (unpaired) electrons. The first-order chi connectivity index (χ1) is 13.1. The highest BCUT2D eigenvalue weighted by Gasteiger charge is 2.10. The average molecular weight is 380 g/mol. The second-order valence-electron chi connectivity index (χ2n) is 6.03. The fraction of sp³-hybridized carbons (Fsp3) is 0.150. The first kappa shape index (κ1) is 18.6. The number of para-hydroxylation sites is 1. The number of anilines is 2. The summed E-state index contributed by atoms with van der Waals surface area (Å²) in [5, 5.41) is 10.5. The lowest BCUT2D eigenvalue weighted by atomic mass is 10.1. The maximum atomic E-state index is 12.1. The predicted octanol–water partition coefficient (Wildman–Crippen LogP) is 3.95. The van der Waals surface area contributed by atoms with Crippen molar-refractivity contribution in [1.82, 2.24) is 10.3 Å². The minimum Gasteiger partial charge on any atom is -0.352 e. The zero-order chi connectivity index (χ0) is 19.1. The lowest BCUT2D eigenvalue weighted by Gasteiger charge is -2.05. The van der Waals surface area contributed by atoms with Gasteiger partial charge in [-0.25, -0.2) is 9.78 Å². The molecule has 0 fully saturated rings. The zero-order valence-electron chi connectivity index (χ0n) is 14.9. The Kier molecular flexibility index (Phi) is 6.17. The number of nitrogens with zero attached hydrogens (tertiary/aromatic N) is 1. The summed E-state index contributed by atoms with van der Waals surface area (Å²) in [6.07, 6.45) is 0.171. The largest absolute Gasteiger partial charge is 0.352 e. The molecule has 7 heteroatoms. The van der Waals surface area contributed by atoms with Gasteiger partial charge in [-0.1, -0.05) is 48.0 Å². The Bertz CT molecular complexity index is 907. The van der Waals surface area contributed by atoms with Gasteiger partial charge in [0.15, 0.2) is 5.13 Å². The topological polar surface area (TPSA) is 83.1 Å². The molecule has 138 valence electrons. The standard InChI is InChI=1S/C20H20N4O2S/c1-14-7-9-15(10-8-14)12-21-18(25)11-17-13-27-20(23-17)24-19(26)22-16-5-3-2-4-6-16/h2-10,13H,11-12H2,1H3,(H,21,25)(H2,22,23,24,26). The minimum atomic E-state index is -0.370. The Morgan fingerprint density at radius 3 is 2.48 bits per heavy atom. The molecule has 1 aromatic heterocycles. The molecule has 3 aromatic rings. The van der Waals surface area contributed by atoms with E-state index in [1.807, 2.05) is 49.4 Å². The second kappa shape index (κ2) is 8.95. The number of aromatic nitrogens is 1. The van der Waals surface area contributed by atoms with Crippen molar-refractivity contribution in [1.29, 1.82) is 0 Å². The van der Waals surface area contributed by atoms with Gasteiger partial charge >= 0.3 is 6.03 Å². The molecule has 2 aromatic carbocycles. The third-order valence-electron chi connectivity index (χ3n) is 3.76. The van der Waals surface area contributed by atoms with E-state index in [2.05, 4.69) is 20.9 Å². The van der Waals surface area contributed by atoms with E-state index in [1.165, 1.54) is 16.9 Å². The number of thiazole rings is 1. The average Bonchev–Trinajstić information content (AvgIpc) is 3.08. The van der Waals surface area contributed by atoms with Crippen LogP contribution < -0.4 is 16.0 Å². The Labute approximate surface area is 161 Å². The van der Waals surface area contributed by atoms with Crippen LogP contribution >= 0.6 is 11.3 Å². The van der Waals surface area contributed by atoms with E-state index in [9.17, 15) is 9.59 Å². The Balaban J connectivity index is 1.46. The van der Waals surface area contributed by atoms with Gasteiger partial charge in [-0.15, -0.1) is 11.3 Å². The van der Waals surface area contributed by atoms with Crippen LogP contribution in [0.25, 0.3) is 0 Å². The van der Waals surface area contributed by atoms with E-state index >= 15 is 0 Å². The van der Waals surface area contributed by atoms with Crippen molar-refractivity contribution in [2.75, 3.05) is 10.6 Å². The van der Waals surface area contributed by atoms with Crippen molar-refractivity contribution >= 4 is 34.1 Å². The highest BCUT2D eigenvalue weighted by Crippen LogP contribution is 2.16. The number of hydrogen-bond acceptors (Lipinski definition) is 4. The summed E-state index contributed by atoms with van der Waals surface area (Å²) in [6, 6.07) is 16.8. The maximum absolute atomic E-state index is 12.1. The van der Waals surface area contributed by atoms with Crippen molar-refractivity contribution in [3.05, 3.63) is 76.8 Å². The van der Waals surface area contributed by atoms with Crippen molar-refractivity contribution in [2.24, 2.45) is 0 Å². The molecule has 3 N–H and O–H groups in total. The first-order valence-corrected chi connectivity index (χ1v) is 9.36. The number of rotatable bonds is 6. The second-order valence-corrected chi connectivity index (χ2v) is 6.89. The summed E-state index contributed by atoms with van der Waals surface area (Å²) in [6.45, 7) is 2.50. The van der Waals surface area contributed by atoms with Crippen molar-refractivity contribution in [3.8, 4) is 0 Å². The summed E-state index contributed by atoms with van der Waals surface area (Å²) >= 11 is 1.28. The van der Waals surface area contributed by atoms with E-state index < -0.39 is 0 Å². The molecule has 3 amide bonds. The zero-order valence-corrected chi connectivity index (χ0v) is 15.7. The third kappa shape index (κ3) is 5.93. The van der Waals surface area contributed by atoms with Crippen LogP contribution in [-0.4, -0.2) is 16.9 Å². The van der Waals surface area contributed by atoms with Gasteiger partial charge in [0, 0.05) is 17.6 Å². The highest BCUT2D eigenvalue weighted by molar-refractivity contribution is 7.14. The Hall–Kier alpha value is -3.19. The number of nitrogens with one attached hydrogen (secondary N) is 3. The van der Waals surface area contributed by atoms with Gasteiger partial charge in [0.05, 0.1) is 12.1 Å². The Morgan fingerprint density at radius 1 is 1.00 bits per heavy atom. The number of amides is 3. The lowest BCUT2D eigenvalue weighted by molar-refractivity contribution is -0.120. The Morgan fingerprint density at radius 2 is 1.74 bits per heavy atom. The minimum absolute atomic E-state index is 0.110. The van der Waals surface area contributed by atoms with E-state index in [0.29, 0.717) is 23.1 Å². The van der Waals surface area contributed by atoms with Crippen LogP contribution in [0.1, 0.15) is 16.8 Å². The van der Waals surface area contributed by atoms with Gasteiger partial charge in [0.25, 0.3) is 0 Å². The molecule has 3 rings (SSSR count). The van der Waals surface area contributed by atoms with Gasteiger partial charge in [-0.3, -0.25) is 10.1 Å². The monoisotopic (exact) mass is 380 g/mol. The molecule has 27 heavy (non-hydrogen) atoms. The molecular weight excluding hydrogens is 360 g/mol. The highest BCUT2D eigenvalue weighted by atomic mass is 32.1. The summed E-state index contributed by atoms with van der Waals surface area (Å²) in [4.78, 5) is 28.3. The van der Waals surface area contributed by atoms with Crippen molar-refractivity contribution < 1.29 is 9.59 Å². The molecule has 0 aliphatic heterocycles. The lowest BCUT2D eigenvalue weighted by Crippen LogP contribution is -2.24. The molecule has 0 atom stereocenters. The van der Waals surface area contributed by atoms with Crippen LogP contribution in [0.5, 0.6) is 0 Å². The normalized spacial score (nSPS) is 10.3. The van der Waals surface area contributed by atoms with Gasteiger partial charge in [0.2, 0.25) is 5.91 Å². The first-order valence-electron chi connectivity index (χ1n) is 8.48. The summed E-state index contributed by atoms with van der Waals surface area (Å²) in [5.74, 6) is -0.110. The number of hydrogen-bond donors (Lipinski definition) is 3. The van der Waals surface area contributed by atoms with Crippen molar-refractivity contribution in [3.63, 3.8) is 0 Å². The van der Waals surface area contributed by atoms with Crippen molar-refractivity contribution in [2.45, 2.75) is 19.9 Å². The fourth-order valence-electron chi connectivity index (χ4n) is 2.36. The fourth-order valence-corrected chi connectivity index (χ4v) is 3.07. The number of aryl methyl sites for hydroxylation is 1. The van der Waals surface area contributed by atoms with Gasteiger partial charge < -0.3 is 10.6 Å². The van der Waals surface area contributed by atoms with E-state index in [0.717, 1.165) is 5.56 Å². The molecule has 0 unspecified atom stereocenters. The number of urea groups is 1. The van der Waals surface area contributed by atoms with Crippen LogP contribution in [-0.2, 0) is 17.8 Å². The summed E-state index contributed by atoms with van der Waals surface area (Å²) in [7, 11) is 0. The van der Waals surface area contributed by atoms with Crippen LogP contribution in [0.15, 0.2) is 60.0 Å². The molecular formula is C20H20N4O2S. The molecule has 0 bridgehead atoms. The molecule has 0 aliphatic carbocycles. The van der Waals surface area contributed by atoms with Crippen LogP contribution in [0.3, 0.4) is 0 Å². The van der Waals surface area contributed by atoms with Crippen LogP contribution in [0.4, 0.5) is 15.6 Å². The van der Waals surface area contributed by atoms with Gasteiger partial charge in [0.1, 0.15) is 0 Å². The summed E-state index contributed by atoms with van der Waals surface area (Å²) < 4.78 is 0. The molecule has 0 saturated heterocycles. The third-order valence-corrected chi connectivity index (χ3v) is 4.56. The SMILES string of the molecule is Cc1ccc(CNC(=O)Cc2csc(NC(=O)Nc3ccccc3)n2)cc1. The number of carbonyl (C=O) groups is 2. The van der Waals surface area contributed by atoms with E-state index in [1.54, 1.807) is 17.5 Å². The molecule has 6 nitrogen and oxygen atoms in total. The number of benzene rings is 2. The molecule has 1 heterocycles. The predicted molar refractivity (Wildman–Crippen MR) is 108 cm³/mol. The molecule has 0 spiro atoms. The smallest absolute Gasteiger partial charge is 0.325 e. The van der Waals surface area contributed by atoms with Crippen LogP contribution in [0.2, 0.25) is 0 Å². The quantitative estimate of drug-likeness (QED) is 0.605. The maximum Gasteiger partial charge on any atom is 0.325 e. The van der Waals surface area contributed by atoms with Gasteiger partial charge in [-0.05, 0) is 24.6 Å². The molecule has 0 aliphatic rings. The van der Waals surface area contributed by atoms with E-state index in [-0.39, 0.29) is 18.4 Å².